The van der Waals surface area contributed by atoms with Crippen LogP contribution in [0.2, 0.25) is 5.15 Å². The van der Waals surface area contributed by atoms with Crippen LogP contribution in [0.3, 0.4) is 0 Å². The Morgan fingerprint density at radius 1 is 1.33 bits per heavy atom. The van der Waals surface area contributed by atoms with E-state index in [1.807, 2.05) is 4.72 Å². The molecule has 0 atom stereocenters. The number of rotatable bonds is 3. The average molecular weight is 340 g/mol. The van der Waals surface area contributed by atoms with E-state index < -0.39 is 26.8 Å². The Labute approximate surface area is 123 Å². The van der Waals surface area contributed by atoms with Crippen LogP contribution >= 0.6 is 11.6 Å². The van der Waals surface area contributed by atoms with E-state index in [2.05, 4.69) is 4.98 Å². The minimum absolute atomic E-state index is 0.144. The van der Waals surface area contributed by atoms with Gasteiger partial charge in [0.05, 0.1) is 11.9 Å². The molecule has 5 nitrogen and oxygen atoms in total. The summed E-state index contributed by atoms with van der Waals surface area (Å²) in [6.07, 6.45) is -3.38. The van der Waals surface area contributed by atoms with Crippen LogP contribution in [-0.4, -0.2) is 18.0 Å². The lowest BCUT2D eigenvalue weighted by Gasteiger charge is -2.10. The van der Waals surface area contributed by atoms with Gasteiger partial charge in [-0.15, -0.1) is 0 Å². The molecule has 1 heterocycles. The zero-order valence-corrected chi connectivity index (χ0v) is 12.1. The summed E-state index contributed by atoms with van der Waals surface area (Å²) in [7, 11) is -2.68. The Hall–Kier alpha value is -1.74. The summed E-state index contributed by atoms with van der Waals surface area (Å²) in [5.74, 6) is 0. The van der Waals surface area contributed by atoms with Crippen molar-refractivity contribution in [3.8, 4) is 0 Å². The first kappa shape index (κ1) is 15.6. The Kier molecular flexibility index (Phi) is 3.89. The van der Waals surface area contributed by atoms with Crippen molar-refractivity contribution in [1.29, 1.82) is 0 Å². The van der Waals surface area contributed by atoms with E-state index in [-0.39, 0.29) is 10.8 Å². The first-order valence-electron chi connectivity index (χ1n) is 5.48. The topological polar surface area (TPSA) is 64.0 Å². The minimum atomic E-state index is -4.57. The maximum Gasteiger partial charge on any atom is 0.416 e. The summed E-state index contributed by atoms with van der Waals surface area (Å²) in [4.78, 5) is 3.61. The molecule has 0 amide bonds. The van der Waals surface area contributed by atoms with E-state index >= 15 is 0 Å². The summed E-state index contributed by atoms with van der Waals surface area (Å²) >= 11 is 5.76. The quantitative estimate of drug-likeness (QED) is 0.935. The molecule has 0 spiro atoms. The Morgan fingerprint density at radius 3 is 2.52 bits per heavy atom. The number of aryl methyl sites for hydroxylation is 1. The molecule has 2 rings (SSSR count). The molecule has 1 aromatic heterocycles. The number of nitrogens with zero attached hydrogens (tertiary/aromatic N) is 2. The van der Waals surface area contributed by atoms with E-state index in [9.17, 15) is 21.6 Å². The van der Waals surface area contributed by atoms with Gasteiger partial charge in [0, 0.05) is 12.7 Å². The SMILES string of the molecule is Cn1cnc(S(=O)(=O)Nc2cccc(C(F)(F)F)c2)c1Cl. The highest BCUT2D eigenvalue weighted by molar-refractivity contribution is 7.92. The van der Waals surface area contributed by atoms with Gasteiger partial charge in [-0.2, -0.15) is 21.6 Å². The number of benzene rings is 1. The van der Waals surface area contributed by atoms with E-state index in [0.717, 1.165) is 12.1 Å². The van der Waals surface area contributed by atoms with Crippen LogP contribution in [0, 0.1) is 0 Å². The predicted octanol–water partition coefficient (Wildman–Crippen LogP) is 2.89. The van der Waals surface area contributed by atoms with Crippen molar-refractivity contribution in [2.45, 2.75) is 11.2 Å². The molecule has 0 bridgehead atoms. The molecule has 0 aliphatic carbocycles. The zero-order valence-electron chi connectivity index (χ0n) is 10.5. The van der Waals surface area contributed by atoms with Gasteiger partial charge in [0.1, 0.15) is 5.15 Å². The Morgan fingerprint density at radius 2 is 2.00 bits per heavy atom. The normalized spacial score (nSPS) is 12.4. The molecule has 1 N–H and O–H groups in total. The largest absolute Gasteiger partial charge is 0.416 e. The van der Waals surface area contributed by atoms with Crippen LogP contribution in [0.1, 0.15) is 5.56 Å². The lowest BCUT2D eigenvalue weighted by atomic mass is 10.2. The first-order chi connectivity index (χ1) is 9.61. The highest BCUT2D eigenvalue weighted by Gasteiger charge is 2.31. The standard InChI is InChI=1S/C11H9ClF3N3O2S/c1-18-6-16-10(9(18)12)21(19,20)17-8-4-2-3-7(5-8)11(13,14)15/h2-6,17H,1H3. The number of halogens is 4. The molecule has 21 heavy (non-hydrogen) atoms. The fourth-order valence-electron chi connectivity index (χ4n) is 1.54. The predicted molar refractivity (Wildman–Crippen MR) is 70.5 cm³/mol. The summed E-state index contributed by atoms with van der Waals surface area (Å²) in [6, 6.07) is 3.82. The lowest BCUT2D eigenvalue weighted by Crippen LogP contribution is -2.15. The molecule has 0 saturated carbocycles. The number of hydrogen-bond acceptors (Lipinski definition) is 3. The monoisotopic (exact) mass is 339 g/mol. The summed E-state index contributed by atoms with van der Waals surface area (Å²) in [5, 5.41) is -0.599. The lowest BCUT2D eigenvalue weighted by molar-refractivity contribution is -0.137. The highest BCUT2D eigenvalue weighted by atomic mass is 35.5. The van der Waals surface area contributed by atoms with Crippen LogP contribution in [0.5, 0.6) is 0 Å². The summed E-state index contributed by atoms with van der Waals surface area (Å²) < 4.78 is 65.1. The molecule has 1 aromatic carbocycles. The van der Waals surface area contributed by atoms with Crippen molar-refractivity contribution in [1.82, 2.24) is 9.55 Å². The molecule has 0 aliphatic heterocycles. The van der Waals surface area contributed by atoms with Gasteiger partial charge in [-0.05, 0) is 18.2 Å². The number of sulfonamides is 1. The second-order valence-electron chi connectivity index (χ2n) is 4.14. The molecule has 0 aliphatic rings. The van der Waals surface area contributed by atoms with E-state index in [1.165, 1.54) is 24.0 Å². The second-order valence-corrected chi connectivity index (χ2v) is 6.09. The van der Waals surface area contributed by atoms with Gasteiger partial charge in [-0.1, -0.05) is 17.7 Å². The third-order valence-corrected chi connectivity index (χ3v) is 4.40. The molecule has 114 valence electrons. The van der Waals surface area contributed by atoms with Crippen molar-refractivity contribution in [2.75, 3.05) is 4.72 Å². The fourth-order valence-corrected chi connectivity index (χ4v) is 3.02. The highest BCUT2D eigenvalue weighted by Crippen LogP contribution is 2.31. The summed E-state index contributed by atoms with van der Waals surface area (Å²) in [5.41, 5.74) is -1.19. The van der Waals surface area contributed by atoms with Crippen molar-refractivity contribution < 1.29 is 21.6 Å². The van der Waals surface area contributed by atoms with Crippen LogP contribution in [-0.2, 0) is 23.2 Å². The van der Waals surface area contributed by atoms with E-state index in [1.54, 1.807) is 0 Å². The third-order valence-electron chi connectivity index (χ3n) is 2.53. The fraction of sp³-hybridized carbons (Fsp3) is 0.182. The third kappa shape index (κ3) is 3.30. The minimum Gasteiger partial charge on any atom is -0.324 e. The van der Waals surface area contributed by atoms with Gasteiger partial charge in [-0.3, -0.25) is 4.72 Å². The number of aromatic nitrogens is 2. The Bertz CT molecular complexity index is 771. The van der Waals surface area contributed by atoms with Crippen LogP contribution in [0.15, 0.2) is 35.6 Å². The maximum atomic E-state index is 12.6. The molecule has 2 aromatic rings. The number of imidazole rings is 1. The average Bonchev–Trinajstić information content (AvgIpc) is 2.69. The van der Waals surface area contributed by atoms with E-state index in [0.29, 0.717) is 6.07 Å². The molecule has 10 heteroatoms. The van der Waals surface area contributed by atoms with Crippen molar-refractivity contribution in [3.63, 3.8) is 0 Å². The smallest absolute Gasteiger partial charge is 0.324 e. The zero-order chi connectivity index (χ0) is 15.8. The van der Waals surface area contributed by atoms with Gasteiger partial charge in [0.2, 0.25) is 5.03 Å². The van der Waals surface area contributed by atoms with E-state index in [4.69, 9.17) is 11.6 Å². The van der Waals surface area contributed by atoms with Gasteiger partial charge >= 0.3 is 6.18 Å². The second kappa shape index (κ2) is 5.23. The number of anilines is 1. The van der Waals surface area contributed by atoms with Crippen LogP contribution in [0.4, 0.5) is 18.9 Å². The van der Waals surface area contributed by atoms with Gasteiger partial charge < -0.3 is 4.57 Å². The molecule has 0 radical (unpaired) electrons. The van der Waals surface area contributed by atoms with Crippen molar-refractivity contribution in [2.24, 2.45) is 7.05 Å². The van der Waals surface area contributed by atoms with Crippen molar-refractivity contribution >= 4 is 27.3 Å². The first-order valence-corrected chi connectivity index (χ1v) is 7.34. The molecular formula is C11H9ClF3N3O2S. The summed E-state index contributed by atoms with van der Waals surface area (Å²) in [6.45, 7) is 0. The van der Waals surface area contributed by atoms with Crippen molar-refractivity contribution in [3.05, 3.63) is 41.3 Å². The number of hydrogen-bond donors (Lipinski definition) is 1. The van der Waals surface area contributed by atoms with Crippen LogP contribution < -0.4 is 4.72 Å². The maximum absolute atomic E-state index is 12.6. The Balaban J connectivity index is 2.36. The van der Waals surface area contributed by atoms with Gasteiger partial charge in [0.25, 0.3) is 10.0 Å². The number of alkyl halides is 3. The molecule has 0 unspecified atom stereocenters. The van der Waals surface area contributed by atoms with Gasteiger partial charge in [-0.25, -0.2) is 4.98 Å². The molecule has 0 fully saturated rings. The van der Waals surface area contributed by atoms with Gasteiger partial charge in [0.15, 0.2) is 0 Å². The van der Waals surface area contributed by atoms with Crippen LogP contribution in [0.25, 0.3) is 0 Å². The molecule has 0 saturated heterocycles. The molecular weight excluding hydrogens is 331 g/mol. The number of nitrogens with one attached hydrogen (secondary N) is 1.